The first-order valence-electron chi connectivity index (χ1n) is 20.9. The summed E-state index contributed by atoms with van der Waals surface area (Å²) in [6.45, 7) is 4.67. The molecule has 0 atom stereocenters. The third-order valence-electron chi connectivity index (χ3n) is 13.1. The molecule has 0 spiro atoms. The van der Waals surface area contributed by atoms with E-state index in [4.69, 9.17) is 13.3 Å². The minimum absolute atomic E-state index is 0.189. The Morgan fingerprint density at radius 1 is 0.377 bits per heavy atom. The number of rotatable bonds is 5. The van der Waals surface area contributed by atoms with Crippen molar-refractivity contribution in [2.45, 2.75) is 19.3 Å². The molecule has 288 valence electrons. The van der Waals surface area contributed by atoms with E-state index in [0.717, 1.165) is 99.6 Å². The second kappa shape index (κ2) is 12.6. The lowest BCUT2D eigenvalue weighted by Crippen LogP contribution is -2.16. The number of para-hydroxylation sites is 3. The van der Waals surface area contributed by atoms with Crippen molar-refractivity contribution in [2.24, 2.45) is 0 Å². The van der Waals surface area contributed by atoms with E-state index in [9.17, 15) is 0 Å². The summed E-state index contributed by atoms with van der Waals surface area (Å²) in [5.74, 6) is 0. The number of nitrogens with zero attached hydrogens (tertiary/aromatic N) is 1. The smallest absolute Gasteiger partial charge is 0.159 e. The number of furan rings is 3. The summed E-state index contributed by atoms with van der Waals surface area (Å²) in [5, 5.41) is 6.24. The molecule has 1 aliphatic rings. The van der Waals surface area contributed by atoms with Gasteiger partial charge in [-0.05, 0) is 87.5 Å². The van der Waals surface area contributed by atoms with Crippen LogP contribution in [0, 0.1) is 0 Å². The van der Waals surface area contributed by atoms with Crippen LogP contribution in [0.2, 0.25) is 0 Å². The fourth-order valence-corrected chi connectivity index (χ4v) is 10.2. The molecule has 4 heteroatoms. The first kappa shape index (κ1) is 34.1. The summed E-state index contributed by atoms with van der Waals surface area (Å²) in [6.07, 6.45) is 0. The van der Waals surface area contributed by atoms with Gasteiger partial charge in [0.1, 0.15) is 27.9 Å². The van der Waals surface area contributed by atoms with Crippen molar-refractivity contribution >= 4 is 82.9 Å². The Hall–Kier alpha value is -7.82. The summed E-state index contributed by atoms with van der Waals surface area (Å²) in [5.41, 5.74) is 17.4. The highest BCUT2D eigenvalue weighted by Gasteiger charge is 2.36. The van der Waals surface area contributed by atoms with Crippen LogP contribution in [0.3, 0.4) is 0 Å². The molecule has 0 saturated heterocycles. The normalized spacial score (nSPS) is 13.2. The average Bonchev–Trinajstić information content (AvgIpc) is 4.05. The molecular weight excluding hydrogens is 747 g/mol. The predicted molar refractivity (Wildman–Crippen MR) is 251 cm³/mol. The van der Waals surface area contributed by atoms with Gasteiger partial charge in [0, 0.05) is 43.6 Å². The van der Waals surface area contributed by atoms with Gasteiger partial charge in [0.25, 0.3) is 0 Å². The number of hydrogen-bond acceptors (Lipinski definition) is 4. The van der Waals surface area contributed by atoms with E-state index in [1.54, 1.807) is 0 Å². The van der Waals surface area contributed by atoms with Crippen molar-refractivity contribution in [1.82, 2.24) is 0 Å². The van der Waals surface area contributed by atoms with Crippen LogP contribution in [0.25, 0.3) is 99.2 Å². The van der Waals surface area contributed by atoms with E-state index in [1.807, 2.05) is 18.2 Å². The van der Waals surface area contributed by atoms with Crippen LogP contribution in [0.15, 0.2) is 201 Å². The molecule has 3 aromatic heterocycles. The lowest BCUT2D eigenvalue weighted by atomic mass is 9.82. The van der Waals surface area contributed by atoms with Gasteiger partial charge < -0.3 is 18.2 Å². The topological polar surface area (TPSA) is 42.7 Å². The summed E-state index contributed by atoms with van der Waals surface area (Å²) < 4.78 is 20.7. The van der Waals surface area contributed by atoms with Crippen LogP contribution in [0.5, 0.6) is 0 Å². The van der Waals surface area contributed by atoms with Gasteiger partial charge >= 0.3 is 0 Å². The Bertz CT molecular complexity index is 3730. The summed E-state index contributed by atoms with van der Waals surface area (Å²) in [4.78, 5) is 2.37. The minimum Gasteiger partial charge on any atom is -0.456 e. The molecule has 0 radical (unpaired) electrons. The van der Waals surface area contributed by atoms with Gasteiger partial charge in [-0.2, -0.15) is 0 Å². The van der Waals surface area contributed by atoms with E-state index in [2.05, 4.69) is 189 Å². The molecule has 0 N–H and O–H groups in total. The first-order valence-corrected chi connectivity index (χ1v) is 20.9. The minimum atomic E-state index is -0.189. The summed E-state index contributed by atoms with van der Waals surface area (Å²) in [6, 6.07) is 66.8. The van der Waals surface area contributed by atoms with Crippen molar-refractivity contribution in [2.75, 3.05) is 4.90 Å². The zero-order chi connectivity index (χ0) is 40.4. The quantitative estimate of drug-likeness (QED) is 0.174. The van der Waals surface area contributed by atoms with Crippen molar-refractivity contribution < 1.29 is 13.3 Å². The molecule has 0 aliphatic heterocycles. The second-order valence-electron chi connectivity index (χ2n) is 16.8. The molecule has 0 fully saturated rings. The average molecular weight is 784 g/mol. The zero-order valence-electron chi connectivity index (χ0n) is 33.6. The molecule has 13 rings (SSSR count). The van der Waals surface area contributed by atoms with Crippen LogP contribution < -0.4 is 4.90 Å². The van der Waals surface area contributed by atoms with Crippen molar-refractivity contribution in [3.8, 4) is 33.4 Å². The standard InChI is InChI=1S/C57H37NO3/c1-57(2)44-20-9-6-16-38(44)39-31-30-37(32-45(39)57)58(47-22-12-19-41-40-17-7-10-23-48(40)60-55(41)47)46-21-13-25-50-53(46)43-33-51-54(42-18-8-11-24-49(42)59-51)52(56(43)61-50)36-28-26-35(27-29-36)34-14-4-3-5-15-34/h3-33H,1-2H3. The van der Waals surface area contributed by atoms with E-state index in [0.29, 0.717) is 0 Å². The molecular formula is C57H37NO3. The summed E-state index contributed by atoms with van der Waals surface area (Å²) >= 11 is 0. The maximum Gasteiger partial charge on any atom is 0.159 e. The molecule has 1 aliphatic carbocycles. The predicted octanol–water partition coefficient (Wildman–Crippen LogP) is 16.5. The fraction of sp³-hybridized carbons (Fsp3) is 0.0526. The monoisotopic (exact) mass is 783 g/mol. The number of fused-ring (bicyclic) bond motifs is 12. The SMILES string of the molecule is CC1(C)c2ccccc2-c2ccc(N(c3cccc4c3oc3ccccc34)c3cccc4oc5c(-c6ccc(-c7ccccc7)cc6)c6c(cc5c34)oc3ccccc36)cc21. The van der Waals surface area contributed by atoms with Crippen LogP contribution in [-0.2, 0) is 5.41 Å². The summed E-state index contributed by atoms with van der Waals surface area (Å²) in [7, 11) is 0. The van der Waals surface area contributed by atoms with E-state index in [1.165, 1.54) is 27.8 Å². The molecule has 0 saturated carbocycles. The first-order chi connectivity index (χ1) is 30.0. The highest BCUT2D eigenvalue weighted by molar-refractivity contribution is 6.26. The molecule has 3 heterocycles. The lowest BCUT2D eigenvalue weighted by Gasteiger charge is -2.28. The molecule has 0 unspecified atom stereocenters. The lowest BCUT2D eigenvalue weighted by molar-refractivity contribution is 0.660. The molecule has 61 heavy (non-hydrogen) atoms. The molecule has 9 aromatic carbocycles. The van der Waals surface area contributed by atoms with Crippen LogP contribution in [0.4, 0.5) is 17.1 Å². The van der Waals surface area contributed by atoms with Gasteiger partial charge in [0.15, 0.2) is 5.58 Å². The van der Waals surface area contributed by atoms with Gasteiger partial charge in [-0.3, -0.25) is 0 Å². The third kappa shape index (κ3) is 4.87. The maximum absolute atomic E-state index is 7.13. The third-order valence-corrected chi connectivity index (χ3v) is 13.1. The number of anilines is 3. The van der Waals surface area contributed by atoms with Crippen molar-refractivity contribution in [1.29, 1.82) is 0 Å². The Morgan fingerprint density at radius 2 is 1.00 bits per heavy atom. The van der Waals surface area contributed by atoms with Crippen LogP contribution in [0.1, 0.15) is 25.0 Å². The van der Waals surface area contributed by atoms with E-state index < -0.39 is 0 Å². The highest BCUT2D eigenvalue weighted by Crippen LogP contribution is 2.53. The van der Waals surface area contributed by atoms with Crippen molar-refractivity contribution in [3.05, 3.63) is 199 Å². The highest BCUT2D eigenvalue weighted by atomic mass is 16.3. The van der Waals surface area contributed by atoms with Gasteiger partial charge in [-0.1, -0.05) is 153 Å². The molecule has 0 bridgehead atoms. The van der Waals surface area contributed by atoms with Gasteiger partial charge in [0.2, 0.25) is 0 Å². The van der Waals surface area contributed by atoms with Crippen molar-refractivity contribution in [3.63, 3.8) is 0 Å². The Balaban J connectivity index is 1.11. The Morgan fingerprint density at radius 3 is 1.85 bits per heavy atom. The largest absolute Gasteiger partial charge is 0.456 e. The molecule has 12 aromatic rings. The Kier molecular flexibility index (Phi) is 7.04. The Labute approximate surface area is 351 Å². The van der Waals surface area contributed by atoms with Gasteiger partial charge in [-0.25, -0.2) is 0 Å². The molecule has 0 amide bonds. The van der Waals surface area contributed by atoms with Gasteiger partial charge in [-0.15, -0.1) is 0 Å². The van der Waals surface area contributed by atoms with E-state index >= 15 is 0 Å². The van der Waals surface area contributed by atoms with Crippen LogP contribution >= 0.6 is 0 Å². The van der Waals surface area contributed by atoms with E-state index in [-0.39, 0.29) is 5.41 Å². The molecule has 4 nitrogen and oxygen atoms in total. The second-order valence-corrected chi connectivity index (χ2v) is 16.8. The number of hydrogen-bond donors (Lipinski definition) is 0. The fourth-order valence-electron chi connectivity index (χ4n) is 10.2. The van der Waals surface area contributed by atoms with Gasteiger partial charge in [0.05, 0.1) is 16.8 Å². The maximum atomic E-state index is 7.13. The zero-order valence-corrected chi connectivity index (χ0v) is 33.6. The van der Waals surface area contributed by atoms with Crippen LogP contribution in [-0.4, -0.2) is 0 Å². The number of benzene rings is 9.